The van der Waals surface area contributed by atoms with E-state index in [1.54, 1.807) is 0 Å². The fraction of sp³-hybridized carbons (Fsp3) is 0.0261. The molecule has 7 aromatic heterocycles. The van der Waals surface area contributed by atoms with Crippen LogP contribution in [0.25, 0.3) is 238 Å². The van der Waals surface area contributed by atoms with E-state index in [4.69, 9.17) is 19.9 Å². The average molecular weight is 1630 g/mol. The smallest absolute Gasteiger partial charge is 0.235 e. The first-order valence-corrected chi connectivity index (χ1v) is 44.6. The number of benzene rings is 18. The second-order valence-electron chi connectivity index (χ2n) is 33.1. The topological polar surface area (TPSA) is 61.4 Å². The number of rotatable bonds is 10. The van der Waals surface area contributed by atoms with Crippen LogP contribution in [0.4, 0.5) is 0 Å². The molecule has 580 valence electrons. The van der Waals surface area contributed by atoms with E-state index in [1.807, 2.05) is 34.0 Å². The van der Waals surface area contributed by atoms with Crippen molar-refractivity contribution in [2.45, 2.75) is 19.3 Å². The number of thiophene rings is 3. The molecule has 124 heavy (non-hydrogen) atoms. The molecule has 0 saturated heterocycles. The summed E-state index contributed by atoms with van der Waals surface area (Å²) < 4.78 is 12.4. The van der Waals surface area contributed by atoms with Crippen molar-refractivity contribution in [2.75, 3.05) is 0 Å². The lowest BCUT2D eigenvalue weighted by Crippen LogP contribution is -2.15. The zero-order chi connectivity index (χ0) is 81.8. The predicted molar refractivity (Wildman–Crippen MR) is 527 cm³/mol. The molecule has 0 unspecified atom stereocenters. The summed E-state index contributed by atoms with van der Waals surface area (Å²) in [6, 6.07) is 145. The van der Waals surface area contributed by atoms with Gasteiger partial charge in [-0.1, -0.05) is 305 Å². The number of para-hydroxylation sites is 2. The third kappa shape index (κ3) is 11.6. The molecular weight excluding hydrogens is 1560 g/mol. The van der Waals surface area contributed by atoms with Gasteiger partial charge < -0.3 is 0 Å². The molecule has 0 fully saturated rings. The summed E-state index contributed by atoms with van der Waals surface area (Å²) in [5, 5.41) is 14.6. The lowest BCUT2D eigenvalue weighted by atomic mass is 9.80. The van der Waals surface area contributed by atoms with E-state index >= 15 is 0 Å². The molecule has 1 aliphatic carbocycles. The largest absolute Gasteiger partial charge is 0.278 e. The molecule has 0 N–H and O–H groups in total. The summed E-state index contributed by atoms with van der Waals surface area (Å²) in [6.07, 6.45) is 0. The Bertz CT molecular complexity index is 8650. The van der Waals surface area contributed by atoms with Crippen molar-refractivity contribution in [2.24, 2.45) is 0 Å². The molecule has 6 nitrogen and oxygen atoms in total. The van der Waals surface area contributed by atoms with E-state index < -0.39 is 0 Å². The van der Waals surface area contributed by atoms with Crippen LogP contribution < -0.4 is 0 Å². The lowest BCUT2D eigenvalue weighted by molar-refractivity contribution is 0.666. The van der Waals surface area contributed by atoms with E-state index in [0.29, 0.717) is 11.9 Å². The van der Waals surface area contributed by atoms with Gasteiger partial charge >= 0.3 is 0 Å². The molecule has 0 spiro atoms. The Hall–Kier alpha value is -15.1. The molecule has 0 atom stereocenters. The van der Waals surface area contributed by atoms with Crippen LogP contribution in [0, 0.1) is 0 Å². The van der Waals surface area contributed by atoms with E-state index in [2.05, 4.69) is 423 Å². The van der Waals surface area contributed by atoms with Crippen molar-refractivity contribution in [3.8, 4) is 112 Å². The van der Waals surface area contributed by atoms with Gasteiger partial charge in [0.05, 0.1) is 49.2 Å². The van der Waals surface area contributed by atoms with Crippen molar-refractivity contribution >= 4 is 160 Å². The van der Waals surface area contributed by atoms with Gasteiger partial charge in [-0.25, -0.2) is 19.9 Å². The van der Waals surface area contributed by atoms with Gasteiger partial charge in [-0.3, -0.25) is 9.13 Å². The second kappa shape index (κ2) is 28.5. The van der Waals surface area contributed by atoms with Crippen LogP contribution in [0.2, 0.25) is 0 Å². The van der Waals surface area contributed by atoms with Crippen LogP contribution in [-0.4, -0.2) is 29.1 Å². The van der Waals surface area contributed by atoms with Gasteiger partial charge in [-0.05, 0) is 198 Å². The summed E-state index contributed by atoms with van der Waals surface area (Å²) in [5.41, 5.74) is 29.4. The van der Waals surface area contributed by atoms with Crippen LogP contribution in [0.15, 0.2) is 400 Å². The highest BCUT2D eigenvalue weighted by Gasteiger charge is 2.39. The Balaban J connectivity index is 0.000000136. The Morgan fingerprint density at radius 1 is 0.226 bits per heavy atom. The van der Waals surface area contributed by atoms with Gasteiger partial charge in [0.2, 0.25) is 11.9 Å². The number of aromatic nitrogens is 6. The van der Waals surface area contributed by atoms with Crippen molar-refractivity contribution in [1.82, 2.24) is 29.1 Å². The highest BCUT2D eigenvalue weighted by Crippen LogP contribution is 2.55. The van der Waals surface area contributed by atoms with E-state index in [-0.39, 0.29) is 5.41 Å². The maximum absolute atomic E-state index is 5.64. The second-order valence-corrected chi connectivity index (χ2v) is 36.3. The van der Waals surface area contributed by atoms with Crippen molar-refractivity contribution in [1.29, 1.82) is 0 Å². The average Bonchev–Trinajstić information content (AvgIpc) is 1.54. The maximum atomic E-state index is 5.64. The molecule has 7 heterocycles. The van der Waals surface area contributed by atoms with E-state index in [1.165, 1.54) is 138 Å². The van der Waals surface area contributed by atoms with Crippen LogP contribution >= 0.6 is 34.0 Å². The minimum atomic E-state index is -0.218. The summed E-state index contributed by atoms with van der Waals surface area (Å²) >= 11 is 5.56. The molecule has 25 aromatic rings. The molecule has 0 saturated carbocycles. The highest BCUT2D eigenvalue weighted by molar-refractivity contribution is 7.27. The summed E-state index contributed by atoms with van der Waals surface area (Å²) in [5.74, 6) is 1.32. The van der Waals surface area contributed by atoms with Crippen LogP contribution in [0.3, 0.4) is 0 Å². The van der Waals surface area contributed by atoms with Crippen LogP contribution in [0.1, 0.15) is 25.0 Å². The highest BCUT2D eigenvalue weighted by atomic mass is 32.1. The first-order chi connectivity index (χ1) is 61.2. The third-order valence-corrected chi connectivity index (χ3v) is 29.1. The molecule has 1 aliphatic rings. The summed E-state index contributed by atoms with van der Waals surface area (Å²) in [6.45, 7) is 4.76. The van der Waals surface area contributed by atoms with Gasteiger partial charge in [0, 0.05) is 105 Å². The number of nitrogens with zero attached hydrogens (tertiary/aromatic N) is 6. The molecule has 0 aliphatic heterocycles. The Labute approximate surface area is 726 Å². The Morgan fingerprint density at radius 3 is 1.21 bits per heavy atom. The zero-order valence-electron chi connectivity index (χ0n) is 67.5. The molecular formula is C115H72N6S3. The van der Waals surface area contributed by atoms with Gasteiger partial charge in [-0.15, -0.1) is 34.0 Å². The maximum Gasteiger partial charge on any atom is 0.235 e. The Morgan fingerprint density at radius 2 is 0.613 bits per heavy atom. The minimum Gasteiger partial charge on any atom is -0.278 e. The summed E-state index contributed by atoms with van der Waals surface area (Å²) in [4.78, 5) is 22.0. The van der Waals surface area contributed by atoms with Gasteiger partial charge in [-0.2, -0.15) is 0 Å². The number of hydrogen-bond donors (Lipinski definition) is 0. The first kappa shape index (κ1) is 71.8. The molecule has 9 heteroatoms. The normalized spacial score (nSPS) is 12.5. The zero-order valence-corrected chi connectivity index (χ0v) is 70.0. The van der Waals surface area contributed by atoms with Gasteiger partial charge in [0.15, 0.2) is 0 Å². The summed E-state index contributed by atoms with van der Waals surface area (Å²) in [7, 11) is 0. The van der Waals surface area contributed by atoms with Gasteiger partial charge in [0.25, 0.3) is 0 Å². The van der Waals surface area contributed by atoms with Gasteiger partial charge in [0.1, 0.15) is 0 Å². The van der Waals surface area contributed by atoms with Crippen LogP contribution in [-0.2, 0) is 5.41 Å². The molecule has 18 aromatic carbocycles. The van der Waals surface area contributed by atoms with Crippen LogP contribution in [0.5, 0.6) is 0 Å². The third-order valence-electron chi connectivity index (χ3n) is 25.6. The SMILES string of the molecule is CC1(C)c2ccccc2-c2ccc3c(c21)c1cc(-c2ccc4sc5ccccc5c4c2)ccc1n3-c1nc(-c2cccc(-c3ccc(-c4ccccc4)cc3)c2)c2ccccc2n1.c1ccc(-c2cc(-c3ccccc3)cc(-c3nc(-n4c5ccc(-c6ccc7sc8ccccc8c7c6)cc5c5ccc6c7ccccc7sc6c54)nc4ccccc34)c2)cc1. The number of hydrogen-bond acceptors (Lipinski definition) is 7. The lowest BCUT2D eigenvalue weighted by Gasteiger charge is -2.22. The predicted octanol–water partition coefficient (Wildman–Crippen LogP) is 32.2. The quantitative estimate of drug-likeness (QED) is 0.137. The van der Waals surface area contributed by atoms with E-state index in [0.717, 1.165) is 99.8 Å². The van der Waals surface area contributed by atoms with E-state index in [9.17, 15) is 0 Å². The first-order valence-electron chi connectivity index (χ1n) is 42.2. The standard InChI is InChI=1S/C59H39N3S.C56H33N3S2/c1-59(2)49-20-9-6-17-43(49)45-29-31-52-55(56(45)59)48-35-40(41-28-32-54-47(34-41)44-18-8-11-22-53(44)63-54)27-30-51(48)62(52)58-60-50-21-10-7-19-46(50)57(61-58)42-16-12-15-39(33-42)38-25-23-37(24-26-38)36-13-4-3-5-14-36;1-3-13-34(14-4-1)38-29-39(35-15-5-2-6-16-35)31-40(30-38)53-45-19-7-10-20-48(45)57-56(58-53)59-49-27-23-36(37-24-28-52-47(33-37)42-18-9-11-21-50(42)60-52)32-46(49)43-25-26-44-41-17-8-12-22-51(41)61-55(44)54(43)59/h3-35H,1-2H3;1-33H. The molecule has 0 bridgehead atoms. The van der Waals surface area contributed by atoms with Crippen molar-refractivity contribution < 1.29 is 0 Å². The monoisotopic (exact) mass is 1630 g/mol. The molecule has 0 radical (unpaired) electrons. The Kier molecular flexibility index (Phi) is 16.5. The number of fused-ring (bicyclic) bond motifs is 22. The van der Waals surface area contributed by atoms with Crippen molar-refractivity contribution in [3.05, 3.63) is 412 Å². The minimum absolute atomic E-state index is 0.218. The van der Waals surface area contributed by atoms with Crippen molar-refractivity contribution in [3.63, 3.8) is 0 Å². The fourth-order valence-corrected chi connectivity index (χ4v) is 23.1. The molecule has 0 amide bonds. The molecule has 26 rings (SSSR count). The fourth-order valence-electron chi connectivity index (χ4n) is 19.7.